The van der Waals surface area contributed by atoms with E-state index in [1.165, 1.54) is 37.9 Å². The van der Waals surface area contributed by atoms with Crippen molar-refractivity contribution < 1.29 is 9.59 Å². The number of benzene rings is 3. The van der Waals surface area contributed by atoms with Crippen LogP contribution in [0.5, 0.6) is 0 Å². The number of rotatable bonds is 7. The van der Waals surface area contributed by atoms with Gasteiger partial charge in [-0.25, -0.2) is 0 Å². The van der Waals surface area contributed by atoms with E-state index in [2.05, 4.69) is 33.0 Å². The van der Waals surface area contributed by atoms with Crippen LogP contribution < -0.4 is 16.0 Å². The van der Waals surface area contributed by atoms with Crippen LogP contribution in [0.4, 0.5) is 11.4 Å². The smallest absolute Gasteiger partial charge is 0.257 e. The molecule has 0 spiro atoms. The Morgan fingerprint density at radius 1 is 1.05 bits per heavy atom. The maximum Gasteiger partial charge on any atom is 0.257 e. The molecule has 1 atom stereocenters. The molecule has 0 radical (unpaired) electrons. The minimum Gasteiger partial charge on any atom is -0.361 e. The van der Waals surface area contributed by atoms with Gasteiger partial charge in [0, 0.05) is 40.3 Å². The van der Waals surface area contributed by atoms with Crippen LogP contribution in [0.1, 0.15) is 59.3 Å². The molecule has 5 rings (SSSR count). The predicted molar refractivity (Wildman–Crippen MR) is 150 cm³/mol. The molecule has 2 aliphatic rings. The lowest BCUT2D eigenvalue weighted by atomic mass is 10.0. The zero-order valence-corrected chi connectivity index (χ0v) is 21.6. The molecule has 2 heterocycles. The molecule has 190 valence electrons. The van der Waals surface area contributed by atoms with E-state index in [9.17, 15) is 9.59 Å². The number of halogens is 1. The molecule has 0 aromatic heterocycles. The van der Waals surface area contributed by atoms with Gasteiger partial charge in [0.2, 0.25) is 0 Å². The van der Waals surface area contributed by atoms with Crippen molar-refractivity contribution in [2.75, 3.05) is 23.7 Å². The van der Waals surface area contributed by atoms with Gasteiger partial charge in [0.1, 0.15) is 0 Å². The molecular formula is C30H31ClN4O2. The number of carbonyl (C=O) groups is 2. The van der Waals surface area contributed by atoms with E-state index in [0.717, 1.165) is 17.8 Å². The Hall–Kier alpha value is -3.61. The van der Waals surface area contributed by atoms with Gasteiger partial charge in [-0.3, -0.25) is 14.5 Å². The highest BCUT2D eigenvalue weighted by Gasteiger charge is 2.25. The number of hydrogen-bond donors (Lipinski definition) is 3. The van der Waals surface area contributed by atoms with E-state index in [1.807, 2.05) is 37.3 Å². The van der Waals surface area contributed by atoms with Gasteiger partial charge in [0.15, 0.2) is 0 Å². The molecule has 0 bridgehead atoms. The highest BCUT2D eigenvalue weighted by atomic mass is 35.5. The van der Waals surface area contributed by atoms with E-state index in [-0.39, 0.29) is 17.9 Å². The first-order valence-corrected chi connectivity index (χ1v) is 13.1. The number of nitrogens with zero attached hydrogens (tertiary/aromatic N) is 1. The van der Waals surface area contributed by atoms with Gasteiger partial charge >= 0.3 is 0 Å². The van der Waals surface area contributed by atoms with Crippen LogP contribution in [0.3, 0.4) is 0 Å². The van der Waals surface area contributed by atoms with Crippen molar-refractivity contribution in [1.82, 2.24) is 10.2 Å². The van der Waals surface area contributed by atoms with Crippen molar-refractivity contribution in [1.29, 1.82) is 0 Å². The second-order valence-corrected chi connectivity index (χ2v) is 10.1. The monoisotopic (exact) mass is 514 g/mol. The third kappa shape index (κ3) is 6.04. The van der Waals surface area contributed by atoms with Crippen LogP contribution in [0.2, 0.25) is 5.02 Å². The van der Waals surface area contributed by atoms with Crippen LogP contribution in [0.15, 0.2) is 72.9 Å². The summed E-state index contributed by atoms with van der Waals surface area (Å²) >= 11 is 6.09. The Bertz CT molecular complexity index is 1330. The number of carbonyl (C=O) groups excluding carboxylic acids is 2. The molecule has 2 aliphatic heterocycles. The average Bonchev–Trinajstić information content (AvgIpc) is 3.22. The summed E-state index contributed by atoms with van der Waals surface area (Å²) < 4.78 is 0. The van der Waals surface area contributed by atoms with Gasteiger partial charge in [-0.05, 0) is 86.4 Å². The summed E-state index contributed by atoms with van der Waals surface area (Å²) in [6.07, 6.45) is 5.60. The van der Waals surface area contributed by atoms with Crippen molar-refractivity contribution in [3.63, 3.8) is 0 Å². The van der Waals surface area contributed by atoms with Gasteiger partial charge < -0.3 is 16.0 Å². The maximum absolute atomic E-state index is 13.0. The van der Waals surface area contributed by atoms with Crippen LogP contribution in [0, 0.1) is 0 Å². The van der Waals surface area contributed by atoms with Gasteiger partial charge in [0.25, 0.3) is 11.8 Å². The van der Waals surface area contributed by atoms with Gasteiger partial charge in [-0.15, -0.1) is 0 Å². The summed E-state index contributed by atoms with van der Waals surface area (Å²) in [7, 11) is 0. The molecule has 0 aliphatic carbocycles. The average molecular weight is 515 g/mol. The molecule has 37 heavy (non-hydrogen) atoms. The number of amides is 2. The first kappa shape index (κ1) is 25.1. The zero-order chi connectivity index (χ0) is 25.8. The molecule has 0 unspecified atom stereocenters. The minimum absolute atomic E-state index is 0.200. The Labute approximate surface area is 222 Å². The number of likely N-dealkylation sites (tertiary alicyclic amines) is 1. The minimum atomic E-state index is -0.216. The number of hydrogen-bond acceptors (Lipinski definition) is 4. The molecule has 1 fully saturated rings. The van der Waals surface area contributed by atoms with Crippen molar-refractivity contribution in [3.05, 3.63) is 100 Å². The molecule has 2 amide bonds. The highest BCUT2D eigenvalue weighted by molar-refractivity contribution is 6.32. The molecule has 3 N–H and O–H groups in total. The first-order chi connectivity index (χ1) is 18.0. The normalized spacial score (nSPS) is 17.2. The number of fused-ring (bicyclic) bond motifs is 1. The fourth-order valence-electron chi connectivity index (χ4n) is 4.85. The van der Waals surface area contributed by atoms with Crippen molar-refractivity contribution in [2.45, 2.75) is 38.8 Å². The van der Waals surface area contributed by atoms with Crippen molar-refractivity contribution in [2.24, 2.45) is 0 Å². The Balaban J connectivity index is 1.26. The second kappa shape index (κ2) is 11.2. The first-order valence-electron chi connectivity index (χ1n) is 12.8. The molecular weight excluding hydrogens is 484 g/mol. The third-order valence-electron chi connectivity index (χ3n) is 6.95. The number of nitrogens with one attached hydrogen (secondary N) is 3. The molecule has 1 saturated heterocycles. The molecule has 0 saturated carbocycles. The standard InChI is InChI=1S/C30H31ClN4O2/c1-20(22-6-5-7-24(31)16-22)33-29(36)23-10-13-28-26(17-23)27(30(37)34-28)18-32-25-11-8-21(9-12-25)19-35-14-3-2-4-15-35/h5-13,16-18,20,32H,2-4,14-15,19H2,1H3,(H,33,36)(H,34,37)/b27-18-/t20-/m1/s1. The number of anilines is 2. The fourth-order valence-corrected chi connectivity index (χ4v) is 5.05. The summed E-state index contributed by atoms with van der Waals surface area (Å²) in [5, 5.41) is 9.76. The molecule has 7 heteroatoms. The predicted octanol–water partition coefficient (Wildman–Crippen LogP) is 6.22. The summed E-state index contributed by atoms with van der Waals surface area (Å²) in [5.74, 6) is -0.416. The van der Waals surface area contributed by atoms with Crippen molar-refractivity contribution >= 4 is 40.4 Å². The van der Waals surface area contributed by atoms with Gasteiger partial charge in [-0.1, -0.05) is 42.3 Å². The van der Waals surface area contributed by atoms with Gasteiger partial charge in [0.05, 0.1) is 11.6 Å². The van der Waals surface area contributed by atoms with E-state index in [4.69, 9.17) is 11.6 Å². The summed E-state index contributed by atoms with van der Waals surface area (Å²) in [5.41, 5.74) is 5.47. The summed E-state index contributed by atoms with van der Waals surface area (Å²) in [4.78, 5) is 28.1. The number of piperidine rings is 1. The Morgan fingerprint density at radius 3 is 2.59 bits per heavy atom. The quantitative estimate of drug-likeness (QED) is 0.327. The SMILES string of the molecule is C[C@@H](NC(=O)c1ccc2c(c1)/C(=C/Nc1ccc(CN3CCCCC3)cc1)C(=O)N2)c1cccc(Cl)c1. The topological polar surface area (TPSA) is 73.5 Å². The van der Waals surface area contributed by atoms with Crippen LogP contribution in [-0.2, 0) is 11.3 Å². The fraction of sp³-hybridized carbons (Fsp3) is 0.267. The van der Waals surface area contributed by atoms with Crippen molar-refractivity contribution in [3.8, 4) is 0 Å². The molecule has 3 aromatic rings. The molecule has 6 nitrogen and oxygen atoms in total. The van der Waals surface area contributed by atoms with Crippen LogP contribution >= 0.6 is 11.6 Å². The van der Waals surface area contributed by atoms with E-state index in [0.29, 0.717) is 27.4 Å². The maximum atomic E-state index is 13.0. The van der Waals surface area contributed by atoms with Gasteiger partial charge in [-0.2, -0.15) is 0 Å². The van der Waals surface area contributed by atoms with E-state index < -0.39 is 0 Å². The summed E-state index contributed by atoms with van der Waals surface area (Å²) in [6.45, 7) is 5.22. The second-order valence-electron chi connectivity index (χ2n) is 9.70. The third-order valence-corrected chi connectivity index (χ3v) is 7.19. The summed E-state index contributed by atoms with van der Waals surface area (Å²) in [6, 6.07) is 20.8. The largest absolute Gasteiger partial charge is 0.361 e. The lowest BCUT2D eigenvalue weighted by molar-refractivity contribution is -0.110. The van der Waals surface area contributed by atoms with Crippen LogP contribution in [0.25, 0.3) is 5.57 Å². The zero-order valence-electron chi connectivity index (χ0n) is 20.9. The Morgan fingerprint density at radius 2 is 1.84 bits per heavy atom. The van der Waals surface area contributed by atoms with E-state index in [1.54, 1.807) is 30.5 Å². The lowest BCUT2D eigenvalue weighted by Gasteiger charge is -2.26. The molecule has 3 aromatic carbocycles. The van der Waals surface area contributed by atoms with Crippen LogP contribution in [-0.4, -0.2) is 29.8 Å². The van der Waals surface area contributed by atoms with E-state index >= 15 is 0 Å². The lowest BCUT2D eigenvalue weighted by Crippen LogP contribution is -2.29. The Kier molecular flexibility index (Phi) is 7.58. The highest BCUT2D eigenvalue weighted by Crippen LogP contribution is 2.33.